The fourth-order valence-corrected chi connectivity index (χ4v) is 1.22. The molecule has 3 N–H and O–H groups in total. The SMILES string of the molecule is N#CC(C#N)=C(C#N)Nc1ccc(OCC(N)=O)cc1. The normalized spacial score (nSPS) is 8.45. The summed E-state index contributed by atoms with van der Waals surface area (Å²) in [4.78, 5) is 10.5. The monoisotopic (exact) mass is 267 g/mol. The largest absolute Gasteiger partial charge is 0.484 e. The second kappa shape index (κ2) is 7.05. The molecule has 0 aromatic heterocycles. The van der Waals surface area contributed by atoms with Crippen LogP contribution in [0.25, 0.3) is 0 Å². The third-order valence-corrected chi connectivity index (χ3v) is 2.09. The average molecular weight is 267 g/mol. The van der Waals surface area contributed by atoms with Crippen LogP contribution in [-0.4, -0.2) is 12.5 Å². The van der Waals surface area contributed by atoms with Crippen LogP contribution in [-0.2, 0) is 4.79 Å². The molecule has 1 aromatic rings. The number of carbonyl (C=O) groups excluding carboxylic acids is 1. The fraction of sp³-hybridized carbons (Fsp3) is 0.0769. The minimum Gasteiger partial charge on any atom is -0.484 e. The van der Waals surface area contributed by atoms with Gasteiger partial charge >= 0.3 is 0 Å². The number of nitriles is 3. The molecular formula is C13H9N5O2. The number of rotatable bonds is 5. The number of benzene rings is 1. The van der Waals surface area contributed by atoms with E-state index in [9.17, 15) is 4.79 Å². The summed E-state index contributed by atoms with van der Waals surface area (Å²) in [5.41, 5.74) is 4.99. The summed E-state index contributed by atoms with van der Waals surface area (Å²) in [6.45, 7) is -0.233. The summed E-state index contributed by atoms with van der Waals surface area (Å²) >= 11 is 0. The van der Waals surface area contributed by atoms with Crippen molar-refractivity contribution >= 4 is 11.6 Å². The lowest BCUT2D eigenvalue weighted by Crippen LogP contribution is -2.19. The first kappa shape index (κ1) is 14.6. The molecule has 0 heterocycles. The van der Waals surface area contributed by atoms with Crippen LogP contribution in [0.5, 0.6) is 5.75 Å². The van der Waals surface area contributed by atoms with Gasteiger partial charge in [0, 0.05) is 5.69 Å². The van der Waals surface area contributed by atoms with Gasteiger partial charge in [0.05, 0.1) is 0 Å². The minimum absolute atomic E-state index is 0.138. The summed E-state index contributed by atoms with van der Waals surface area (Å²) in [6.07, 6.45) is 0. The van der Waals surface area contributed by atoms with Crippen molar-refractivity contribution in [2.75, 3.05) is 11.9 Å². The van der Waals surface area contributed by atoms with Gasteiger partial charge < -0.3 is 15.8 Å². The summed E-state index contributed by atoms with van der Waals surface area (Å²) < 4.78 is 5.06. The number of carbonyl (C=O) groups is 1. The van der Waals surface area contributed by atoms with Crippen molar-refractivity contribution < 1.29 is 9.53 Å². The van der Waals surface area contributed by atoms with Gasteiger partial charge in [-0.1, -0.05) is 0 Å². The number of nitrogens with two attached hydrogens (primary N) is 1. The molecule has 7 heteroatoms. The van der Waals surface area contributed by atoms with E-state index in [1.165, 1.54) is 0 Å². The molecule has 0 fully saturated rings. The van der Waals surface area contributed by atoms with Gasteiger partial charge in [-0.05, 0) is 24.3 Å². The van der Waals surface area contributed by atoms with Gasteiger partial charge in [-0.3, -0.25) is 4.79 Å². The molecule has 0 atom stereocenters. The van der Waals surface area contributed by atoms with Crippen LogP contribution in [0.1, 0.15) is 0 Å². The Bertz CT molecular complexity index is 640. The second-order valence-corrected chi connectivity index (χ2v) is 3.49. The molecule has 0 aliphatic rings. The number of nitrogens with zero attached hydrogens (tertiary/aromatic N) is 3. The third-order valence-electron chi connectivity index (χ3n) is 2.09. The van der Waals surface area contributed by atoms with Gasteiger partial charge in [0.1, 0.15) is 29.7 Å². The first-order valence-electron chi connectivity index (χ1n) is 5.33. The highest BCUT2D eigenvalue weighted by atomic mass is 16.5. The highest BCUT2D eigenvalue weighted by molar-refractivity contribution is 5.75. The van der Waals surface area contributed by atoms with Crippen LogP contribution in [0.2, 0.25) is 0 Å². The Labute approximate surface area is 115 Å². The van der Waals surface area contributed by atoms with Crippen molar-refractivity contribution in [3.05, 3.63) is 35.5 Å². The smallest absolute Gasteiger partial charge is 0.255 e. The lowest BCUT2D eigenvalue weighted by molar-refractivity contribution is -0.119. The lowest BCUT2D eigenvalue weighted by Gasteiger charge is -2.07. The van der Waals surface area contributed by atoms with Crippen molar-refractivity contribution in [3.8, 4) is 24.0 Å². The predicted molar refractivity (Wildman–Crippen MR) is 68.6 cm³/mol. The first-order chi connectivity index (χ1) is 9.60. The Morgan fingerprint density at radius 3 is 2.20 bits per heavy atom. The molecule has 1 amide bonds. The van der Waals surface area contributed by atoms with Crippen LogP contribution in [0, 0.1) is 34.0 Å². The molecule has 1 rings (SSSR count). The number of allylic oxidation sites excluding steroid dienone is 2. The van der Waals surface area contributed by atoms with E-state index in [0.717, 1.165) is 0 Å². The Morgan fingerprint density at radius 2 is 1.75 bits per heavy atom. The van der Waals surface area contributed by atoms with E-state index < -0.39 is 5.91 Å². The van der Waals surface area contributed by atoms with Gasteiger partial charge in [0.25, 0.3) is 5.91 Å². The van der Waals surface area contributed by atoms with Crippen molar-refractivity contribution in [2.45, 2.75) is 0 Å². The van der Waals surface area contributed by atoms with Crippen molar-refractivity contribution in [1.82, 2.24) is 0 Å². The number of primary amides is 1. The zero-order valence-electron chi connectivity index (χ0n) is 10.3. The summed E-state index contributed by atoms with van der Waals surface area (Å²) in [5, 5.41) is 28.9. The Balaban J connectivity index is 2.83. The van der Waals surface area contributed by atoms with Crippen molar-refractivity contribution in [1.29, 1.82) is 15.8 Å². The van der Waals surface area contributed by atoms with E-state index in [1.807, 2.05) is 0 Å². The molecule has 0 aliphatic heterocycles. The number of amides is 1. The van der Waals surface area contributed by atoms with E-state index in [-0.39, 0.29) is 17.9 Å². The number of ether oxygens (including phenoxy) is 1. The molecule has 0 spiro atoms. The Hall–Kier alpha value is -3.50. The number of nitrogens with one attached hydrogen (secondary N) is 1. The molecular weight excluding hydrogens is 258 g/mol. The molecule has 0 bridgehead atoms. The summed E-state index contributed by atoms with van der Waals surface area (Å²) in [6, 6.07) is 11.2. The summed E-state index contributed by atoms with van der Waals surface area (Å²) in [5.74, 6) is -0.160. The van der Waals surface area contributed by atoms with E-state index in [1.54, 1.807) is 42.5 Å². The maximum absolute atomic E-state index is 10.5. The van der Waals surface area contributed by atoms with Gasteiger partial charge in [0.15, 0.2) is 12.2 Å². The molecule has 0 radical (unpaired) electrons. The third kappa shape index (κ3) is 4.06. The maximum Gasteiger partial charge on any atom is 0.255 e. The van der Waals surface area contributed by atoms with Crippen LogP contribution >= 0.6 is 0 Å². The minimum atomic E-state index is -0.588. The predicted octanol–water partition coefficient (Wildman–Crippen LogP) is 0.787. The lowest BCUT2D eigenvalue weighted by atomic mass is 10.2. The average Bonchev–Trinajstić information content (AvgIpc) is 2.46. The highest BCUT2D eigenvalue weighted by Gasteiger charge is 2.06. The van der Waals surface area contributed by atoms with E-state index in [2.05, 4.69) is 5.32 Å². The molecule has 20 heavy (non-hydrogen) atoms. The number of hydrogen-bond donors (Lipinski definition) is 2. The standard InChI is InChI=1S/C13H9N5O2/c14-5-9(6-15)12(7-16)18-10-1-3-11(4-2-10)20-8-13(17)19/h1-4,18H,8H2,(H2,17,19). The van der Waals surface area contributed by atoms with Gasteiger partial charge in [0.2, 0.25) is 0 Å². The van der Waals surface area contributed by atoms with Crippen molar-refractivity contribution in [2.24, 2.45) is 5.73 Å². The Kier molecular flexibility index (Phi) is 5.13. The molecule has 0 aliphatic carbocycles. The molecule has 7 nitrogen and oxygen atoms in total. The number of anilines is 1. The van der Waals surface area contributed by atoms with Crippen LogP contribution in [0.3, 0.4) is 0 Å². The van der Waals surface area contributed by atoms with E-state index in [0.29, 0.717) is 11.4 Å². The van der Waals surface area contributed by atoms with Crippen LogP contribution < -0.4 is 15.8 Å². The van der Waals surface area contributed by atoms with Crippen LogP contribution in [0.4, 0.5) is 5.69 Å². The molecule has 0 saturated carbocycles. The molecule has 0 saturated heterocycles. The second-order valence-electron chi connectivity index (χ2n) is 3.49. The first-order valence-corrected chi connectivity index (χ1v) is 5.33. The number of hydrogen-bond acceptors (Lipinski definition) is 6. The molecule has 0 unspecified atom stereocenters. The van der Waals surface area contributed by atoms with Gasteiger partial charge in [-0.25, -0.2) is 0 Å². The van der Waals surface area contributed by atoms with Crippen LogP contribution in [0.15, 0.2) is 35.5 Å². The van der Waals surface area contributed by atoms with Crippen molar-refractivity contribution in [3.63, 3.8) is 0 Å². The Morgan fingerprint density at radius 1 is 1.15 bits per heavy atom. The highest BCUT2D eigenvalue weighted by Crippen LogP contribution is 2.17. The maximum atomic E-state index is 10.5. The summed E-state index contributed by atoms with van der Waals surface area (Å²) in [7, 11) is 0. The van der Waals surface area contributed by atoms with E-state index >= 15 is 0 Å². The van der Waals surface area contributed by atoms with Gasteiger partial charge in [-0.2, -0.15) is 15.8 Å². The molecule has 1 aromatic carbocycles. The quantitative estimate of drug-likeness (QED) is 0.757. The molecule has 98 valence electrons. The topological polar surface area (TPSA) is 136 Å². The van der Waals surface area contributed by atoms with Gasteiger partial charge in [-0.15, -0.1) is 0 Å². The van der Waals surface area contributed by atoms with E-state index in [4.69, 9.17) is 26.3 Å². The zero-order chi connectivity index (χ0) is 15.0. The fourth-order valence-electron chi connectivity index (χ4n) is 1.22. The zero-order valence-corrected chi connectivity index (χ0v) is 10.3.